The summed E-state index contributed by atoms with van der Waals surface area (Å²) < 4.78 is 38.3. The van der Waals surface area contributed by atoms with Crippen LogP contribution in [0.3, 0.4) is 0 Å². The highest BCUT2D eigenvalue weighted by Crippen LogP contribution is 2.32. The van der Waals surface area contributed by atoms with Crippen molar-refractivity contribution in [3.63, 3.8) is 0 Å². The zero-order valence-electron chi connectivity index (χ0n) is 17.1. The number of rotatable bonds is 9. The molecule has 2 aromatic rings. The largest absolute Gasteiger partial charge is 0.470 e. The lowest BCUT2D eigenvalue weighted by Gasteiger charge is -2.21. The summed E-state index contributed by atoms with van der Waals surface area (Å²) in [5.74, 6) is 0.655. The second-order valence-corrected chi connectivity index (χ2v) is 9.31. The Morgan fingerprint density at radius 1 is 1.10 bits per heavy atom. The van der Waals surface area contributed by atoms with Crippen molar-refractivity contribution in [2.45, 2.75) is 30.4 Å². The monoisotopic (exact) mass is 416 g/mol. The molecule has 156 valence electrons. The molecule has 3 atom stereocenters. The summed E-state index contributed by atoms with van der Waals surface area (Å²) in [7, 11) is -0.239. The number of aliphatic imine (C=N–C) groups is 1. The Kier molecular flexibility index (Phi) is 7.05. The van der Waals surface area contributed by atoms with E-state index in [9.17, 15) is 8.42 Å². The Balaban J connectivity index is 1.64. The molecular formula is C22H28N2O4S. The van der Waals surface area contributed by atoms with Gasteiger partial charge in [-0.2, -0.15) is 0 Å². The molecule has 0 saturated heterocycles. The van der Waals surface area contributed by atoms with Crippen molar-refractivity contribution in [2.75, 3.05) is 27.3 Å². The van der Waals surface area contributed by atoms with E-state index in [1.807, 2.05) is 37.3 Å². The van der Waals surface area contributed by atoms with Crippen LogP contribution < -0.4 is 0 Å². The third-order valence-corrected chi connectivity index (χ3v) is 6.98. The third kappa shape index (κ3) is 5.04. The number of sulfonamides is 1. The van der Waals surface area contributed by atoms with E-state index in [4.69, 9.17) is 14.5 Å². The van der Waals surface area contributed by atoms with E-state index in [0.717, 1.165) is 5.56 Å². The maximum Gasteiger partial charge on any atom is 0.242 e. The minimum Gasteiger partial charge on any atom is -0.470 e. The molecule has 1 aliphatic heterocycles. The van der Waals surface area contributed by atoms with Crippen LogP contribution in [-0.2, 0) is 19.5 Å². The van der Waals surface area contributed by atoms with E-state index in [1.165, 1.54) is 4.31 Å². The average molecular weight is 417 g/mol. The van der Waals surface area contributed by atoms with Crippen molar-refractivity contribution in [1.29, 1.82) is 0 Å². The number of hydrogen-bond donors (Lipinski definition) is 0. The Morgan fingerprint density at radius 2 is 1.72 bits per heavy atom. The maximum absolute atomic E-state index is 12.7. The predicted octanol–water partition coefficient (Wildman–Crippen LogP) is 3.52. The quantitative estimate of drug-likeness (QED) is 0.627. The molecule has 0 saturated carbocycles. The van der Waals surface area contributed by atoms with Gasteiger partial charge in [-0.1, -0.05) is 55.5 Å². The first kappa shape index (κ1) is 21.5. The first-order chi connectivity index (χ1) is 13.9. The highest BCUT2D eigenvalue weighted by molar-refractivity contribution is 7.89. The summed E-state index contributed by atoms with van der Waals surface area (Å²) in [4.78, 5) is 5.04. The molecule has 2 aromatic carbocycles. The standard InChI is InChI=1S/C22H28N2O4S/c1-17(14-15-24(2)29(25,26)19-12-8-5-9-13-19)22-23-20(16-27-3)21(28-22)18-10-6-4-7-11-18/h4-13,17,20-21H,14-16H2,1-3H3/t17-,20+,21+/m1/s1. The second kappa shape index (κ2) is 9.52. The number of methoxy groups -OCH3 is 1. The number of benzene rings is 2. The Morgan fingerprint density at radius 3 is 2.34 bits per heavy atom. The van der Waals surface area contributed by atoms with Gasteiger partial charge >= 0.3 is 0 Å². The average Bonchev–Trinajstić information content (AvgIpc) is 3.17. The van der Waals surface area contributed by atoms with Crippen molar-refractivity contribution >= 4 is 15.9 Å². The van der Waals surface area contributed by atoms with E-state index in [1.54, 1.807) is 44.5 Å². The van der Waals surface area contributed by atoms with Gasteiger partial charge in [-0.3, -0.25) is 0 Å². The first-order valence-electron chi connectivity index (χ1n) is 9.73. The summed E-state index contributed by atoms with van der Waals surface area (Å²) >= 11 is 0. The van der Waals surface area contributed by atoms with Gasteiger partial charge in [0.1, 0.15) is 12.1 Å². The fourth-order valence-corrected chi connectivity index (χ4v) is 4.54. The summed E-state index contributed by atoms with van der Waals surface area (Å²) in [6.45, 7) is 2.86. The van der Waals surface area contributed by atoms with Gasteiger partial charge in [0, 0.05) is 26.6 Å². The smallest absolute Gasteiger partial charge is 0.242 e. The summed E-state index contributed by atoms with van der Waals surface area (Å²) in [5, 5.41) is 0. The van der Waals surface area contributed by atoms with Crippen molar-refractivity contribution in [3.8, 4) is 0 Å². The van der Waals surface area contributed by atoms with E-state index in [0.29, 0.717) is 30.4 Å². The summed E-state index contributed by atoms with van der Waals surface area (Å²) in [5.41, 5.74) is 1.06. The molecule has 0 bridgehead atoms. The Labute approximate surface area is 173 Å². The van der Waals surface area contributed by atoms with Crippen molar-refractivity contribution in [3.05, 3.63) is 66.2 Å². The van der Waals surface area contributed by atoms with Crippen molar-refractivity contribution in [2.24, 2.45) is 10.9 Å². The zero-order valence-corrected chi connectivity index (χ0v) is 17.9. The molecule has 1 heterocycles. The van der Waals surface area contributed by atoms with Crippen molar-refractivity contribution in [1.82, 2.24) is 4.31 Å². The van der Waals surface area contributed by atoms with Crippen LogP contribution >= 0.6 is 0 Å². The predicted molar refractivity (Wildman–Crippen MR) is 113 cm³/mol. The van der Waals surface area contributed by atoms with E-state index in [-0.39, 0.29) is 18.1 Å². The number of hydrogen-bond acceptors (Lipinski definition) is 5. The molecule has 0 aromatic heterocycles. The highest BCUT2D eigenvalue weighted by Gasteiger charge is 2.34. The zero-order chi connectivity index (χ0) is 20.9. The Hall–Kier alpha value is -2.22. The fourth-order valence-electron chi connectivity index (χ4n) is 3.33. The van der Waals surface area contributed by atoms with Gasteiger partial charge in [0.2, 0.25) is 10.0 Å². The van der Waals surface area contributed by atoms with Crippen LogP contribution in [0.4, 0.5) is 0 Å². The summed E-state index contributed by atoms with van der Waals surface area (Å²) in [6.07, 6.45) is 0.433. The van der Waals surface area contributed by atoms with Gasteiger partial charge in [-0.25, -0.2) is 17.7 Å². The molecule has 1 aliphatic rings. The molecule has 0 fully saturated rings. The van der Waals surface area contributed by atoms with Gasteiger partial charge in [0.15, 0.2) is 5.90 Å². The molecule has 0 aliphatic carbocycles. The van der Waals surface area contributed by atoms with Gasteiger partial charge < -0.3 is 9.47 Å². The molecule has 0 amide bonds. The van der Waals surface area contributed by atoms with Gasteiger partial charge in [0.05, 0.1) is 11.5 Å². The van der Waals surface area contributed by atoms with Crippen LogP contribution in [0.5, 0.6) is 0 Å². The highest BCUT2D eigenvalue weighted by atomic mass is 32.2. The maximum atomic E-state index is 12.7. The minimum atomic E-state index is -3.50. The lowest BCUT2D eigenvalue weighted by Crippen LogP contribution is -2.30. The van der Waals surface area contributed by atoms with Crippen LogP contribution in [0.25, 0.3) is 0 Å². The minimum absolute atomic E-state index is 0.00325. The Bertz CT molecular complexity index is 916. The molecule has 6 nitrogen and oxygen atoms in total. The topological polar surface area (TPSA) is 68.2 Å². The molecule has 0 spiro atoms. The van der Waals surface area contributed by atoms with Gasteiger partial charge in [0.25, 0.3) is 0 Å². The van der Waals surface area contributed by atoms with Crippen molar-refractivity contribution < 1.29 is 17.9 Å². The lowest BCUT2D eigenvalue weighted by molar-refractivity contribution is 0.116. The first-order valence-corrected chi connectivity index (χ1v) is 11.2. The third-order valence-electron chi connectivity index (χ3n) is 5.11. The number of ether oxygens (including phenoxy) is 2. The fraction of sp³-hybridized carbons (Fsp3) is 0.409. The molecular weight excluding hydrogens is 388 g/mol. The van der Waals surface area contributed by atoms with Crippen LogP contribution in [0.15, 0.2) is 70.6 Å². The second-order valence-electron chi connectivity index (χ2n) is 7.27. The van der Waals surface area contributed by atoms with E-state index >= 15 is 0 Å². The van der Waals surface area contributed by atoms with Crippen LogP contribution in [0, 0.1) is 5.92 Å². The summed E-state index contributed by atoms with van der Waals surface area (Å²) in [6, 6.07) is 18.3. The molecule has 3 rings (SSSR count). The van der Waals surface area contributed by atoms with E-state index < -0.39 is 10.0 Å². The number of nitrogens with zero attached hydrogens (tertiary/aromatic N) is 2. The SMILES string of the molecule is COC[C@@H]1N=C([C@H](C)CCN(C)S(=O)(=O)c2ccccc2)O[C@H]1c1ccccc1. The van der Waals surface area contributed by atoms with E-state index in [2.05, 4.69) is 0 Å². The van der Waals surface area contributed by atoms with Gasteiger partial charge in [-0.15, -0.1) is 0 Å². The molecule has 29 heavy (non-hydrogen) atoms. The van der Waals surface area contributed by atoms with Crippen LogP contribution in [0.1, 0.15) is 25.0 Å². The van der Waals surface area contributed by atoms with Gasteiger partial charge in [-0.05, 0) is 24.1 Å². The van der Waals surface area contributed by atoms with Crippen LogP contribution in [-0.4, -0.2) is 52.0 Å². The molecule has 0 unspecified atom stereocenters. The molecule has 7 heteroatoms. The normalized spacial score (nSPS) is 20.3. The molecule has 0 radical (unpaired) electrons. The van der Waals surface area contributed by atoms with Crippen LogP contribution in [0.2, 0.25) is 0 Å². The lowest BCUT2D eigenvalue weighted by atomic mass is 10.0. The molecule has 0 N–H and O–H groups in total.